The van der Waals surface area contributed by atoms with Crippen LogP contribution in [-0.2, 0) is 14.8 Å². The molecular formula is C15H17NO3S. The molecule has 0 spiro atoms. The number of fused-ring (bicyclic) bond motifs is 1. The summed E-state index contributed by atoms with van der Waals surface area (Å²) in [4.78, 5) is 0.300. The van der Waals surface area contributed by atoms with Crippen LogP contribution in [0.2, 0.25) is 0 Å². The molecule has 20 heavy (non-hydrogen) atoms. The van der Waals surface area contributed by atoms with Crippen molar-refractivity contribution in [2.45, 2.75) is 23.8 Å². The van der Waals surface area contributed by atoms with Gasteiger partial charge in [-0.25, -0.2) is 13.1 Å². The van der Waals surface area contributed by atoms with Crippen LogP contribution in [0.4, 0.5) is 0 Å². The molecule has 1 saturated heterocycles. The minimum absolute atomic E-state index is 0.00484. The molecule has 2 aromatic rings. The summed E-state index contributed by atoms with van der Waals surface area (Å²) in [6, 6.07) is 12.9. The van der Waals surface area contributed by atoms with E-state index < -0.39 is 10.0 Å². The van der Waals surface area contributed by atoms with Crippen LogP contribution in [0.25, 0.3) is 10.8 Å². The van der Waals surface area contributed by atoms with Gasteiger partial charge in [0.2, 0.25) is 10.0 Å². The van der Waals surface area contributed by atoms with Crippen molar-refractivity contribution in [1.82, 2.24) is 4.72 Å². The fourth-order valence-corrected chi connectivity index (χ4v) is 3.53. The molecule has 0 radical (unpaired) electrons. The first-order valence-electron chi connectivity index (χ1n) is 6.75. The summed E-state index contributed by atoms with van der Waals surface area (Å²) >= 11 is 0. The number of hydrogen-bond donors (Lipinski definition) is 1. The smallest absolute Gasteiger partial charge is 0.240 e. The molecule has 0 unspecified atom stereocenters. The van der Waals surface area contributed by atoms with Gasteiger partial charge in [-0.3, -0.25) is 0 Å². The molecular weight excluding hydrogens is 274 g/mol. The first-order chi connectivity index (χ1) is 9.65. The lowest BCUT2D eigenvalue weighted by Crippen LogP contribution is -2.31. The van der Waals surface area contributed by atoms with E-state index in [1.807, 2.05) is 30.3 Å². The topological polar surface area (TPSA) is 55.4 Å². The number of rotatable bonds is 4. The maximum Gasteiger partial charge on any atom is 0.240 e. The Labute approximate surface area is 118 Å². The zero-order chi connectivity index (χ0) is 14.0. The summed E-state index contributed by atoms with van der Waals surface area (Å²) in [7, 11) is -3.47. The first kappa shape index (κ1) is 13.5. The van der Waals surface area contributed by atoms with Gasteiger partial charge in [0.1, 0.15) is 0 Å². The molecule has 4 nitrogen and oxygen atoms in total. The van der Waals surface area contributed by atoms with Crippen LogP contribution in [-0.4, -0.2) is 27.7 Å². The van der Waals surface area contributed by atoms with Crippen LogP contribution in [0, 0.1) is 0 Å². The van der Waals surface area contributed by atoms with Crippen molar-refractivity contribution < 1.29 is 13.2 Å². The second kappa shape index (κ2) is 5.52. The molecule has 1 atom stereocenters. The van der Waals surface area contributed by atoms with Gasteiger partial charge in [-0.05, 0) is 35.7 Å². The Morgan fingerprint density at radius 1 is 1.15 bits per heavy atom. The molecule has 0 saturated carbocycles. The Morgan fingerprint density at radius 2 is 1.95 bits per heavy atom. The second-order valence-electron chi connectivity index (χ2n) is 5.00. The van der Waals surface area contributed by atoms with Crippen molar-refractivity contribution in [3.63, 3.8) is 0 Å². The molecule has 0 amide bonds. The second-order valence-corrected chi connectivity index (χ2v) is 6.76. The van der Waals surface area contributed by atoms with E-state index in [-0.39, 0.29) is 6.10 Å². The normalized spacial score (nSPS) is 19.5. The Hall–Kier alpha value is -1.43. The van der Waals surface area contributed by atoms with E-state index in [1.54, 1.807) is 12.1 Å². The molecule has 1 fully saturated rings. The fourth-order valence-electron chi connectivity index (χ4n) is 2.43. The average molecular weight is 291 g/mol. The monoisotopic (exact) mass is 291 g/mol. The summed E-state index contributed by atoms with van der Waals surface area (Å²) in [5.41, 5.74) is 0. The van der Waals surface area contributed by atoms with Crippen LogP contribution in [0.3, 0.4) is 0 Å². The van der Waals surface area contributed by atoms with Crippen molar-refractivity contribution in [2.24, 2.45) is 0 Å². The quantitative estimate of drug-likeness (QED) is 0.940. The van der Waals surface area contributed by atoms with Crippen molar-refractivity contribution in [2.75, 3.05) is 13.2 Å². The maximum absolute atomic E-state index is 12.3. The van der Waals surface area contributed by atoms with Crippen LogP contribution < -0.4 is 4.72 Å². The summed E-state index contributed by atoms with van der Waals surface area (Å²) in [6.45, 7) is 1.07. The zero-order valence-corrected chi connectivity index (χ0v) is 11.9. The highest BCUT2D eigenvalue weighted by atomic mass is 32.2. The maximum atomic E-state index is 12.3. The predicted octanol–water partition coefficient (Wildman–Crippen LogP) is 2.30. The van der Waals surface area contributed by atoms with Gasteiger partial charge < -0.3 is 4.74 Å². The van der Waals surface area contributed by atoms with Gasteiger partial charge in [0.05, 0.1) is 11.0 Å². The standard InChI is InChI=1S/C15H17NO3S/c17-20(18,16-11-14-6-3-9-19-14)15-8-7-12-4-1-2-5-13(12)10-15/h1-2,4-5,7-8,10,14,16H,3,6,9,11H2/t14-/m0/s1. The third-order valence-corrected chi connectivity index (χ3v) is 4.98. The summed E-state index contributed by atoms with van der Waals surface area (Å²) in [5, 5.41) is 1.96. The van der Waals surface area contributed by atoms with E-state index >= 15 is 0 Å². The lowest BCUT2D eigenvalue weighted by atomic mass is 10.1. The van der Waals surface area contributed by atoms with Crippen LogP contribution in [0.15, 0.2) is 47.4 Å². The molecule has 3 rings (SSSR count). The number of hydrogen-bond acceptors (Lipinski definition) is 3. The Kier molecular flexibility index (Phi) is 3.74. The SMILES string of the molecule is O=S(=O)(NC[C@@H]1CCCO1)c1ccc2ccccc2c1. The van der Waals surface area contributed by atoms with E-state index in [0.29, 0.717) is 11.4 Å². The molecule has 0 aliphatic carbocycles. The first-order valence-corrected chi connectivity index (χ1v) is 8.23. The molecule has 5 heteroatoms. The largest absolute Gasteiger partial charge is 0.377 e. The number of benzene rings is 2. The van der Waals surface area contributed by atoms with Crippen LogP contribution >= 0.6 is 0 Å². The fraction of sp³-hybridized carbons (Fsp3) is 0.333. The number of sulfonamides is 1. The van der Waals surface area contributed by atoms with Crippen molar-refractivity contribution in [1.29, 1.82) is 0 Å². The predicted molar refractivity (Wildman–Crippen MR) is 78.1 cm³/mol. The van der Waals surface area contributed by atoms with Gasteiger partial charge in [-0.15, -0.1) is 0 Å². The highest BCUT2D eigenvalue weighted by Crippen LogP contribution is 2.19. The summed E-state index contributed by atoms with van der Waals surface area (Å²) < 4.78 is 32.6. The minimum Gasteiger partial charge on any atom is -0.377 e. The van der Waals surface area contributed by atoms with E-state index in [0.717, 1.165) is 30.2 Å². The van der Waals surface area contributed by atoms with Gasteiger partial charge in [0, 0.05) is 13.2 Å². The van der Waals surface area contributed by atoms with Gasteiger partial charge in [-0.1, -0.05) is 30.3 Å². The van der Waals surface area contributed by atoms with Crippen LogP contribution in [0.1, 0.15) is 12.8 Å². The van der Waals surface area contributed by atoms with Crippen LogP contribution in [0.5, 0.6) is 0 Å². The van der Waals surface area contributed by atoms with Gasteiger partial charge >= 0.3 is 0 Å². The van der Waals surface area contributed by atoms with E-state index in [4.69, 9.17) is 4.74 Å². The Morgan fingerprint density at radius 3 is 2.70 bits per heavy atom. The summed E-state index contributed by atoms with van der Waals surface area (Å²) in [5.74, 6) is 0. The van der Waals surface area contributed by atoms with Gasteiger partial charge in [0.25, 0.3) is 0 Å². The molecule has 1 N–H and O–H groups in total. The van der Waals surface area contributed by atoms with Gasteiger partial charge in [-0.2, -0.15) is 0 Å². The molecule has 0 aromatic heterocycles. The number of ether oxygens (including phenoxy) is 1. The van der Waals surface area contributed by atoms with E-state index in [9.17, 15) is 8.42 Å². The van der Waals surface area contributed by atoms with Crippen molar-refractivity contribution >= 4 is 20.8 Å². The zero-order valence-electron chi connectivity index (χ0n) is 11.1. The Bertz CT molecular complexity index is 706. The van der Waals surface area contributed by atoms with E-state index in [1.165, 1.54) is 0 Å². The highest BCUT2D eigenvalue weighted by molar-refractivity contribution is 7.89. The molecule has 2 aromatic carbocycles. The average Bonchev–Trinajstić information content (AvgIpc) is 2.98. The lowest BCUT2D eigenvalue weighted by molar-refractivity contribution is 0.114. The lowest BCUT2D eigenvalue weighted by Gasteiger charge is -2.11. The molecule has 1 heterocycles. The third-order valence-electron chi connectivity index (χ3n) is 3.56. The molecule has 1 aliphatic heterocycles. The summed E-state index contributed by atoms with van der Waals surface area (Å²) in [6.07, 6.45) is 1.92. The molecule has 106 valence electrons. The van der Waals surface area contributed by atoms with Gasteiger partial charge in [0.15, 0.2) is 0 Å². The third kappa shape index (κ3) is 2.85. The minimum atomic E-state index is -3.47. The molecule has 0 bridgehead atoms. The van der Waals surface area contributed by atoms with E-state index in [2.05, 4.69) is 4.72 Å². The van der Waals surface area contributed by atoms with Crippen molar-refractivity contribution in [3.8, 4) is 0 Å². The molecule has 1 aliphatic rings. The number of nitrogens with one attached hydrogen (secondary N) is 1. The highest BCUT2D eigenvalue weighted by Gasteiger charge is 2.20. The Balaban J connectivity index is 1.80. The van der Waals surface area contributed by atoms with Crippen molar-refractivity contribution in [3.05, 3.63) is 42.5 Å².